The van der Waals surface area contributed by atoms with E-state index < -0.39 is 5.67 Å². The first kappa shape index (κ1) is 14.8. The number of alkyl halides is 1. The van der Waals surface area contributed by atoms with Crippen molar-refractivity contribution in [3.63, 3.8) is 0 Å². The van der Waals surface area contributed by atoms with Crippen LogP contribution in [-0.4, -0.2) is 67.2 Å². The largest absolute Gasteiger partial charge is 0.383 e. The van der Waals surface area contributed by atoms with Gasteiger partial charge < -0.3 is 14.5 Å². The fraction of sp³-hybridized carbons (Fsp3) is 0.867. The molecule has 5 nitrogen and oxygen atoms in total. The van der Waals surface area contributed by atoms with Gasteiger partial charge in [0.25, 0.3) is 5.91 Å². The third-order valence-electron chi connectivity index (χ3n) is 5.22. The molecule has 3 rings (SSSR count). The second-order valence-corrected chi connectivity index (χ2v) is 6.50. The van der Waals surface area contributed by atoms with Crippen LogP contribution in [0.15, 0.2) is 0 Å². The Morgan fingerprint density at radius 2 is 2.19 bits per heavy atom. The Kier molecular flexibility index (Phi) is 3.90. The number of ether oxygens (including phenoxy) is 1. The summed E-state index contributed by atoms with van der Waals surface area (Å²) in [6.07, 6.45) is 2.35. The van der Waals surface area contributed by atoms with E-state index in [-0.39, 0.29) is 23.7 Å². The number of halogens is 1. The Morgan fingerprint density at radius 3 is 2.81 bits per heavy atom. The lowest BCUT2D eigenvalue weighted by Gasteiger charge is -2.35. The monoisotopic (exact) mass is 298 g/mol. The van der Waals surface area contributed by atoms with Crippen molar-refractivity contribution in [3.05, 3.63) is 0 Å². The van der Waals surface area contributed by atoms with Gasteiger partial charge in [-0.1, -0.05) is 0 Å². The minimum atomic E-state index is -1.65. The summed E-state index contributed by atoms with van der Waals surface area (Å²) in [5, 5.41) is 0. The van der Waals surface area contributed by atoms with Crippen molar-refractivity contribution < 1.29 is 18.7 Å². The fourth-order valence-corrected chi connectivity index (χ4v) is 3.68. The van der Waals surface area contributed by atoms with Gasteiger partial charge in [0.1, 0.15) is 0 Å². The summed E-state index contributed by atoms with van der Waals surface area (Å²) < 4.78 is 19.3. The lowest BCUT2D eigenvalue weighted by Crippen LogP contribution is -2.50. The molecule has 2 saturated heterocycles. The van der Waals surface area contributed by atoms with E-state index in [0.717, 1.165) is 12.8 Å². The van der Waals surface area contributed by atoms with Gasteiger partial charge in [-0.25, -0.2) is 4.39 Å². The molecule has 0 bridgehead atoms. The molecule has 1 saturated carbocycles. The molecule has 118 valence electrons. The van der Waals surface area contributed by atoms with Crippen molar-refractivity contribution in [1.82, 2.24) is 9.80 Å². The van der Waals surface area contributed by atoms with Crippen molar-refractivity contribution in [2.45, 2.75) is 31.4 Å². The standard InChI is InChI=1S/C15H23FN2O3/c1-21-8-7-17-6-3-11-9-18(10-12(11)13(17)19)14(20)15(16)4-2-5-15/h11-12H,2-10H2,1H3/t11-,12-/m1/s1. The van der Waals surface area contributed by atoms with Gasteiger partial charge in [0.05, 0.1) is 12.5 Å². The lowest BCUT2D eigenvalue weighted by molar-refractivity contribution is -0.149. The number of carbonyl (C=O) groups excluding carboxylic acids is 2. The van der Waals surface area contributed by atoms with Crippen LogP contribution in [-0.2, 0) is 14.3 Å². The van der Waals surface area contributed by atoms with E-state index in [1.165, 1.54) is 0 Å². The third-order valence-corrected chi connectivity index (χ3v) is 5.22. The maximum atomic E-state index is 14.3. The number of methoxy groups -OCH3 is 1. The average Bonchev–Trinajstić information content (AvgIpc) is 2.88. The normalized spacial score (nSPS) is 31.0. The van der Waals surface area contributed by atoms with E-state index in [2.05, 4.69) is 0 Å². The van der Waals surface area contributed by atoms with Gasteiger partial charge >= 0.3 is 0 Å². The zero-order valence-electron chi connectivity index (χ0n) is 12.5. The van der Waals surface area contributed by atoms with E-state index in [0.29, 0.717) is 45.6 Å². The van der Waals surface area contributed by atoms with Gasteiger partial charge in [-0.15, -0.1) is 0 Å². The molecule has 1 aliphatic carbocycles. The summed E-state index contributed by atoms with van der Waals surface area (Å²) in [6, 6.07) is 0. The van der Waals surface area contributed by atoms with Crippen LogP contribution in [0.3, 0.4) is 0 Å². The van der Waals surface area contributed by atoms with Crippen molar-refractivity contribution in [2.75, 3.05) is 39.9 Å². The van der Waals surface area contributed by atoms with E-state index in [1.807, 2.05) is 4.90 Å². The molecule has 2 heterocycles. The van der Waals surface area contributed by atoms with Gasteiger partial charge in [-0.05, 0) is 31.6 Å². The Labute approximate surface area is 124 Å². The number of fused-ring (bicyclic) bond motifs is 1. The van der Waals surface area contributed by atoms with E-state index in [4.69, 9.17) is 4.74 Å². The van der Waals surface area contributed by atoms with E-state index >= 15 is 0 Å². The van der Waals surface area contributed by atoms with Crippen molar-refractivity contribution in [1.29, 1.82) is 0 Å². The summed E-state index contributed by atoms with van der Waals surface area (Å²) in [5.74, 6) is -0.244. The second-order valence-electron chi connectivity index (χ2n) is 6.50. The number of carbonyl (C=O) groups is 2. The fourth-order valence-electron chi connectivity index (χ4n) is 3.68. The molecular formula is C15H23FN2O3. The predicted octanol–water partition coefficient (Wildman–Crippen LogP) is 0.832. The molecule has 2 atom stereocenters. The number of amides is 2. The number of likely N-dealkylation sites (tertiary alicyclic amines) is 2. The SMILES string of the molecule is COCCN1CC[C@@H]2CN(C(=O)C3(F)CCC3)C[C@H]2C1=O. The van der Waals surface area contributed by atoms with Gasteiger partial charge in [0, 0.05) is 33.3 Å². The van der Waals surface area contributed by atoms with Gasteiger partial charge in [0.2, 0.25) is 5.91 Å². The molecule has 0 unspecified atom stereocenters. The minimum absolute atomic E-state index is 0.0973. The molecule has 21 heavy (non-hydrogen) atoms. The molecule has 0 aromatic carbocycles. The van der Waals surface area contributed by atoms with Gasteiger partial charge in [-0.2, -0.15) is 0 Å². The van der Waals surface area contributed by atoms with Crippen molar-refractivity contribution >= 4 is 11.8 Å². The smallest absolute Gasteiger partial charge is 0.260 e. The predicted molar refractivity (Wildman–Crippen MR) is 74.3 cm³/mol. The van der Waals surface area contributed by atoms with Crippen LogP contribution < -0.4 is 0 Å². The first-order valence-electron chi connectivity index (χ1n) is 7.81. The highest BCUT2D eigenvalue weighted by Crippen LogP contribution is 2.40. The van der Waals surface area contributed by atoms with Crippen LogP contribution in [0, 0.1) is 11.8 Å². The summed E-state index contributed by atoms with van der Waals surface area (Å²) in [5.41, 5.74) is -1.65. The number of rotatable bonds is 4. The van der Waals surface area contributed by atoms with Crippen molar-refractivity contribution in [3.8, 4) is 0 Å². The molecular weight excluding hydrogens is 275 g/mol. The van der Waals surface area contributed by atoms with Crippen LogP contribution >= 0.6 is 0 Å². The zero-order chi connectivity index (χ0) is 15.0. The van der Waals surface area contributed by atoms with Crippen LogP contribution in [0.5, 0.6) is 0 Å². The van der Waals surface area contributed by atoms with Gasteiger partial charge in [-0.3, -0.25) is 9.59 Å². The molecule has 2 aliphatic heterocycles. The summed E-state index contributed by atoms with van der Waals surface area (Å²) in [6.45, 7) is 2.77. The molecule has 6 heteroatoms. The van der Waals surface area contributed by atoms with Crippen LogP contribution in [0.1, 0.15) is 25.7 Å². The average molecular weight is 298 g/mol. The second kappa shape index (κ2) is 5.55. The topological polar surface area (TPSA) is 49.9 Å². The molecule has 2 amide bonds. The number of hydrogen-bond donors (Lipinski definition) is 0. The third kappa shape index (κ3) is 2.54. The summed E-state index contributed by atoms with van der Waals surface area (Å²) in [4.78, 5) is 28.1. The molecule has 3 aliphatic rings. The number of hydrogen-bond acceptors (Lipinski definition) is 3. The molecule has 0 N–H and O–H groups in total. The van der Waals surface area contributed by atoms with Crippen LogP contribution in [0.25, 0.3) is 0 Å². The van der Waals surface area contributed by atoms with Crippen molar-refractivity contribution in [2.24, 2.45) is 11.8 Å². The highest BCUT2D eigenvalue weighted by atomic mass is 19.1. The number of nitrogens with zero attached hydrogens (tertiary/aromatic N) is 2. The maximum absolute atomic E-state index is 14.3. The van der Waals surface area contributed by atoms with E-state index in [1.54, 1.807) is 12.0 Å². The van der Waals surface area contributed by atoms with E-state index in [9.17, 15) is 14.0 Å². The molecule has 0 aromatic rings. The maximum Gasteiger partial charge on any atom is 0.260 e. The molecule has 0 spiro atoms. The molecule has 0 radical (unpaired) electrons. The first-order valence-corrected chi connectivity index (χ1v) is 7.81. The Balaban J connectivity index is 1.62. The Hall–Kier alpha value is -1.17. The Bertz CT molecular complexity index is 439. The lowest BCUT2D eigenvalue weighted by atomic mass is 9.81. The quantitative estimate of drug-likeness (QED) is 0.772. The first-order chi connectivity index (χ1) is 10.0. The summed E-state index contributed by atoms with van der Waals surface area (Å²) in [7, 11) is 1.62. The van der Waals surface area contributed by atoms with Gasteiger partial charge in [0.15, 0.2) is 5.67 Å². The number of piperidine rings is 1. The summed E-state index contributed by atoms with van der Waals surface area (Å²) >= 11 is 0. The molecule has 3 fully saturated rings. The minimum Gasteiger partial charge on any atom is -0.383 e. The highest BCUT2D eigenvalue weighted by Gasteiger charge is 2.51. The highest BCUT2D eigenvalue weighted by molar-refractivity contribution is 5.88. The Morgan fingerprint density at radius 1 is 1.43 bits per heavy atom. The van der Waals surface area contributed by atoms with Crippen LogP contribution in [0.2, 0.25) is 0 Å². The molecule has 0 aromatic heterocycles. The van der Waals surface area contributed by atoms with Crippen LogP contribution in [0.4, 0.5) is 4.39 Å². The zero-order valence-corrected chi connectivity index (χ0v) is 12.5.